The molecule has 2 heterocycles. The minimum Gasteiger partial charge on any atom is -0.469 e. The van der Waals surface area contributed by atoms with Crippen LogP contribution in [0.3, 0.4) is 0 Å². The summed E-state index contributed by atoms with van der Waals surface area (Å²) in [5.74, 6) is -2.25. The number of methoxy groups -OCH3 is 1. The number of hydrogen-bond donors (Lipinski definition) is 1. The number of nitrogens with one attached hydrogen (secondary N) is 1. The van der Waals surface area contributed by atoms with E-state index in [1.54, 1.807) is 10.9 Å². The maximum atomic E-state index is 14.5. The Morgan fingerprint density at radius 3 is 2.65 bits per heavy atom. The third-order valence-electron chi connectivity index (χ3n) is 5.15. The molecule has 1 saturated carbocycles. The van der Waals surface area contributed by atoms with Gasteiger partial charge in [-0.25, -0.2) is 9.37 Å². The molecular formula is C20H16F4N4O3. The summed E-state index contributed by atoms with van der Waals surface area (Å²) in [6, 6.07) is 5.32. The van der Waals surface area contributed by atoms with E-state index in [4.69, 9.17) is 4.74 Å². The maximum absolute atomic E-state index is 14.5. The van der Waals surface area contributed by atoms with Crippen LogP contribution in [0.4, 0.5) is 23.2 Å². The van der Waals surface area contributed by atoms with Gasteiger partial charge in [0.2, 0.25) is 0 Å². The molecular weight excluding hydrogens is 420 g/mol. The van der Waals surface area contributed by atoms with E-state index >= 15 is 0 Å². The fourth-order valence-electron chi connectivity index (χ4n) is 3.42. The van der Waals surface area contributed by atoms with Gasteiger partial charge in [0, 0.05) is 17.6 Å². The fourth-order valence-corrected chi connectivity index (χ4v) is 3.42. The van der Waals surface area contributed by atoms with E-state index in [0.717, 1.165) is 24.3 Å². The molecule has 11 heteroatoms. The molecule has 31 heavy (non-hydrogen) atoms. The SMILES string of the molecule is COC(=O)[C@H]1C[C@H](n2cc3cc(NC(=O)c4cccc(C(F)(F)F)n4)c(F)cc3n2)C1. The number of ether oxygens (including phenoxy) is 1. The number of nitrogens with zero attached hydrogens (tertiary/aromatic N) is 3. The standard InChI is InChI=1S/C20H16F4N4O3/c1-31-19(30)10-5-12(6-10)28-9-11-7-16(13(21)8-15(11)27-28)26-18(29)14-3-2-4-17(25-14)20(22,23)24/h2-4,7-10,12H,5-6H2,1H3,(H,26,29)/t10-,12-. The predicted molar refractivity (Wildman–Crippen MR) is 101 cm³/mol. The second-order valence-electron chi connectivity index (χ2n) is 7.21. The first-order valence-electron chi connectivity index (χ1n) is 9.27. The molecule has 1 aliphatic rings. The van der Waals surface area contributed by atoms with Gasteiger partial charge >= 0.3 is 12.1 Å². The van der Waals surface area contributed by atoms with Crippen molar-refractivity contribution in [2.45, 2.75) is 25.1 Å². The van der Waals surface area contributed by atoms with E-state index in [2.05, 4.69) is 15.4 Å². The molecule has 1 amide bonds. The van der Waals surface area contributed by atoms with Crippen molar-refractivity contribution in [2.75, 3.05) is 12.4 Å². The number of pyridine rings is 1. The highest BCUT2D eigenvalue weighted by atomic mass is 19.4. The predicted octanol–water partition coefficient (Wildman–Crippen LogP) is 3.97. The highest BCUT2D eigenvalue weighted by Gasteiger charge is 2.37. The Hall–Kier alpha value is -3.50. The number of amides is 1. The van der Waals surface area contributed by atoms with Crippen molar-refractivity contribution in [3.05, 3.63) is 53.7 Å². The lowest BCUT2D eigenvalue weighted by Gasteiger charge is -2.33. The fraction of sp³-hybridized carbons (Fsp3) is 0.300. The lowest BCUT2D eigenvalue weighted by molar-refractivity contribution is -0.149. The van der Waals surface area contributed by atoms with Crippen LogP contribution in [0.2, 0.25) is 0 Å². The molecule has 0 unspecified atom stereocenters. The molecule has 1 fully saturated rings. The third-order valence-corrected chi connectivity index (χ3v) is 5.15. The van der Waals surface area contributed by atoms with E-state index in [0.29, 0.717) is 23.7 Å². The van der Waals surface area contributed by atoms with Crippen LogP contribution in [0.25, 0.3) is 10.9 Å². The Labute approximate surface area is 173 Å². The normalized spacial score (nSPS) is 18.5. The van der Waals surface area contributed by atoms with Gasteiger partial charge in [0.25, 0.3) is 5.91 Å². The van der Waals surface area contributed by atoms with Crippen LogP contribution >= 0.6 is 0 Å². The molecule has 1 aromatic carbocycles. The molecule has 3 aromatic rings. The number of anilines is 1. The van der Waals surface area contributed by atoms with Crippen molar-refractivity contribution in [3.8, 4) is 0 Å². The summed E-state index contributed by atoms with van der Waals surface area (Å²) in [5.41, 5.74) is -1.58. The Balaban J connectivity index is 1.53. The van der Waals surface area contributed by atoms with Crippen LogP contribution in [0, 0.1) is 11.7 Å². The number of rotatable bonds is 4. The van der Waals surface area contributed by atoms with Gasteiger partial charge in [0.1, 0.15) is 17.2 Å². The monoisotopic (exact) mass is 436 g/mol. The van der Waals surface area contributed by atoms with Crippen molar-refractivity contribution < 1.29 is 31.9 Å². The highest BCUT2D eigenvalue weighted by molar-refractivity contribution is 6.03. The summed E-state index contributed by atoms with van der Waals surface area (Å²) in [6.45, 7) is 0. The van der Waals surface area contributed by atoms with Gasteiger partial charge in [0.15, 0.2) is 0 Å². The summed E-state index contributed by atoms with van der Waals surface area (Å²) in [4.78, 5) is 27.1. The minimum absolute atomic E-state index is 0.0353. The number of halogens is 4. The van der Waals surface area contributed by atoms with E-state index in [1.165, 1.54) is 13.2 Å². The molecule has 162 valence electrons. The topological polar surface area (TPSA) is 86.1 Å². The molecule has 7 nitrogen and oxygen atoms in total. The minimum atomic E-state index is -4.70. The second-order valence-corrected chi connectivity index (χ2v) is 7.21. The van der Waals surface area contributed by atoms with Crippen LogP contribution in [-0.4, -0.2) is 33.8 Å². The molecule has 1 aliphatic carbocycles. The van der Waals surface area contributed by atoms with Gasteiger partial charge in [-0.05, 0) is 31.0 Å². The van der Waals surface area contributed by atoms with Crippen LogP contribution in [0.1, 0.15) is 35.1 Å². The van der Waals surface area contributed by atoms with Crippen molar-refractivity contribution in [3.63, 3.8) is 0 Å². The third kappa shape index (κ3) is 4.07. The van der Waals surface area contributed by atoms with Crippen LogP contribution in [-0.2, 0) is 15.7 Å². The first-order chi connectivity index (χ1) is 14.7. The Kier molecular flexibility index (Phi) is 5.11. The molecule has 0 radical (unpaired) electrons. The molecule has 2 aromatic heterocycles. The lowest BCUT2D eigenvalue weighted by atomic mass is 9.80. The Morgan fingerprint density at radius 2 is 1.97 bits per heavy atom. The summed E-state index contributed by atoms with van der Waals surface area (Å²) >= 11 is 0. The molecule has 1 N–H and O–H groups in total. The second kappa shape index (κ2) is 7.64. The molecule has 0 saturated heterocycles. The Bertz CT molecular complexity index is 1170. The number of carbonyl (C=O) groups is 2. The van der Waals surface area contributed by atoms with Gasteiger partial charge in [-0.15, -0.1) is 0 Å². The summed E-state index contributed by atoms with van der Waals surface area (Å²) in [7, 11) is 1.32. The van der Waals surface area contributed by atoms with Crippen molar-refractivity contribution in [2.24, 2.45) is 5.92 Å². The highest BCUT2D eigenvalue weighted by Crippen LogP contribution is 2.39. The number of carbonyl (C=O) groups excluding carboxylic acids is 2. The van der Waals surface area contributed by atoms with Crippen molar-refractivity contribution in [1.29, 1.82) is 0 Å². The first kappa shape index (κ1) is 20.8. The maximum Gasteiger partial charge on any atom is 0.433 e. The van der Waals surface area contributed by atoms with Gasteiger partial charge in [-0.1, -0.05) is 6.07 Å². The Morgan fingerprint density at radius 1 is 1.23 bits per heavy atom. The van der Waals surface area contributed by atoms with Crippen LogP contribution in [0.5, 0.6) is 0 Å². The average Bonchev–Trinajstić information content (AvgIpc) is 3.08. The molecule has 0 aliphatic heterocycles. The van der Waals surface area contributed by atoms with E-state index in [9.17, 15) is 27.2 Å². The molecule has 0 bridgehead atoms. The van der Waals surface area contributed by atoms with Crippen molar-refractivity contribution in [1.82, 2.24) is 14.8 Å². The summed E-state index contributed by atoms with van der Waals surface area (Å²) in [5, 5.41) is 7.08. The number of aromatic nitrogens is 3. The largest absolute Gasteiger partial charge is 0.469 e. The van der Waals surface area contributed by atoms with Gasteiger partial charge in [-0.2, -0.15) is 18.3 Å². The zero-order chi connectivity index (χ0) is 22.3. The van der Waals surface area contributed by atoms with Crippen LogP contribution in [0.15, 0.2) is 36.5 Å². The number of alkyl halides is 3. The van der Waals surface area contributed by atoms with Gasteiger partial charge < -0.3 is 10.1 Å². The number of esters is 1. The molecule has 0 spiro atoms. The van der Waals surface area contributed by atoms with Crippen molar-refractivity contribution >= 4 is 28.5 Å². The number of benzene rings is 1. The number of fused-ring (bicyclic) bond motifs is 1. The summed E-state index contributed by atoms with van der Waals surface area (Å²) < 4.78 is 59.2. The zero-order valence-corrected chi connectivity index (χ0v) is 16.1. The first-order valence-corrected chi connectivity index (χ1v) is 9.27. The molecule has 4 rings (SSSR count). The van der Waals surface area contributed by atoms with Gasteiger partial charge in [-0.3, -0.25) is 14.3 Å². The zero-order valence-electron chi connectivity index (χ0n) is 16.1. The van der Waals surface area contributed by atoms with E-state index in [1.807, 2.05) is 0 Å². The summed E-state index contributed by atoms with van der Waals surface area (Å²) in [6.07, 6.45) is -1.95. The van der Waals surface area contributed by atoms with Gasteiger partial charge in [0.05, 0.1) is 30.3 Å². The quantitative estimate of drug-likeness (QED) is 0.494. The van der Waals surface area contributed by atoms with Crippen LogP contribution < -0.4 is 5.32 Å². The molecule has 0 atom stereocenters. The average molecular weight is 436 g/mol. The lowest BCUT2D eigenvalue weighted by Crippen LogP contribution is -2.33. The van der Waals surface area contributed by atoms with E-state index < -0.39 is 29.3 Å². The number of hydrogen-bond acceptors (Lipinski definition) is 5. The smallest absolute Gasteiger partial charge is 0.433 e. The van der Waals surface area contributed by atoms with E-state index in [-0.39, 0.29) is 23.6 Å².